The Hall–Kier alpha value is -1.27. The van der Waals surface area contributed by atoms with Crippen LogP contribution in [-0.2, 0) is 17.5 Å². The van der Waals surface area contributed by atoms with Crippen LogP contribution in [0.1, 0.15) is 24.0 Å². The number of nitrogens with two attached hydrogens (primary N) is 1. The zero-order valence-electron chi connectivity index (χ0n) is 12.1. The second kappa shape index (κ2) is 6.66. The van der Waals surface area contributed by atoms with Gasteiger partial charge in [0.05, 0.1) is 5.56 Å². The summed E-state index contributed by atoms with van der Waals surface area (Å²) in [6.07, 6.45) is -2.44. The fourth-order valence-corrected chi connectivity index (χ4v) is 2.78. The summed E-state index contributed by atoms with van der Waals surface area (Å²) < 4.78 is 44.3. The van der Waals surface area contributed by atoms with E-state index in [1.165, 1.54) is 12.1 Å². The summed E-state index contributed by atoms with van der Waals surface area (Å²) in [4.78, 5) is 2.06. The lowest BCUT2D eigenvalue weighted by atomic mass is 9.97. The molecule has 0 radical (unpaired) electrons. The molecular weight excluding hydrogens is 281 g/mol. The van der Waals surface area contributed by atoms with Gasteiger partial charge < -0.3 is 10.5 Å². The standard InChI is InChI=1S/C15H21F3N2O/c1-21-10-11-4-6-20(7-5-11)9-12-2-3-13(19)8-14(12)15(16,17)18/h2-3,8,11H,4-7,9-10,19H2,1H3. The Morgan fingerprint density at radius 3 is 2.52 bits per heavy atom. The average molecular weight is 302 g/mol. The van der Waals surface area contributed by atoms with Crippen LogP contribution in [0.4, 0.5) is 18.9 Å². The van der Waals surface area contributed by atoms with Gasteiger partial charge in [-0.05, 0) is 49.5 Å². The van der Waals surface area contributed by atoms with Crippen LogP contribution in [0.5, 0.6) is 0 Å². The van der Waals surface area contributed by atoms with Gasteiger partial charge in [-0.15, -0.1) is 0 Å². The molecule has 118 valence electrons. The second-order valence-electron chi connectivity index (χ2n) is 5.59. The van der Waals surface area contributed by atoms with Gasteiger partial charge in [0.2, 0.25) is 0 Å². The van der Waals surface area contributed by atoms with Crippen molar-refractivity contribution in [1.82, 2.24) is 4.90 Å². The van der Waals surface area contributed by atoms with Gasteiger partial charge >= 0.3 is 6.18 Å². The molecule has 6 heteroatoms. The van der Waals surface area contributed by atoms with E-state index < -0.39 is 11.7 Å². The Labute approximate surface area is 122 Å². The molecule has 1 heterocycles. The Kier molecular flexibility index (Phi) is 5.11. The first-order valence-electron chi connectivity index (χ1n) is 7.07. The van der Waals surface area contributed by atoms with Gasteiger partial charge in [0.1, 0.15) is 0 Å². The predicted octanol–water partition coefficient (Wildman–Crippen LogP) is 3.15. The number of methoxy groups -OCH3 is 1. The zero-order valence-corrected chi connectivity index (χ0v) is 12.1. The first-order valence-corrected chi connectivity index (χ1v) is 7.07. The van der Waals surface area contributed by atoms with E-state index in [4.69, 9.17) is 10.5 Å². The van der Waals surface area contributed by atoms with Crippen LogP contribution in [0.2, 0.25) is 0 Å². The quantitative estimate of drug-likeness (QED) is 0.868. The number of nitrogens with zero attached hydrogens (tertiary/aromatic N) is 1. The molecule has 1 aliphatic heterocycles. The van der Waals surface area contributed by atoms with Crippen molar-refractivity contribution in [3.05, 3.63) is 29.3 Å². The van der Waals surface area contributed by atoms with E-state index in [2.05, 4.69) is 4.90 Å². The fourth-order valence-electron chi connectivity index (χ4n) is 2.78. The van der Waals surface area contributed by atoms with Crippen molar-refractivity contribution in [2.75, 3.05) is 32.5 Å². The van der Waals surface area contributed by atoms with E-state index in [0.29, 0.717) is 18.0 Å². The monoisotopic (exact) mass is 302 g/mol. The Balaban J connectivity index is 2.04. The molecule has 0 bridgehead atoms. The number of alkyl halides is 3. The first-order chi connectivity index (χ1) is 9.90. The zero-order chi connectivity index (χ0) is 15.5. The lowest BCUT2D eigenvalue weighted by Crippen LogP contribution is -2.35. The summed E-state index contributed by atoms with van der Waals surface area (Å²) in [6.45, 7) is 2.64. The molecule has 1 aromatic rings. The third-order valence-corrected chi connectivity index (χ3v) is 3.94. The highest BCUT2D eigenvalue weighted by Gasteiger charge is 2.34. The number of anilines is 1. The lowest BCUT2D eigenvalue weighted by Gasteiger charge is -2.32. The van der Waals surface area contributed by atoms with Crippen LogP contribution in [0.15, 0.2) is 18.2 Å². The molecule has 0 atom stereocenters. The number of piperidine rings is 1. The fraction of sp³-hybridized carbons (Fsp3) is 0.600. The van der Waals surface area contributed by atoms with Crippen LogP contribution in [-0.4, -0.2) is 31.7 Å². The largest absolute Gasteiger partial charge is 0.416 e. The molecule has 0 spiro atoms. The molecule has 21 heavy (non-hydrogen) atoms. The number of benzene rings is 1. The van der Waals surface area contributed by atoms with Crippen molar-refractivity contribution in [2.24, 2.45) is 5.92 Å². The second-order valence-corrected chi connectivity index (χ2v) is 5.59. The first kappa shape index (κ1) is 16.1. The summed E-state index contributed by atoms with van der Waals surface area (Å²) in [6, 6.07) is 4.04. The molecule has 1 aliphatic rings. The molecule has 2 N–H and O–H groups in total. The van der Waals surface area contributed by atoms with Crippen LogP contribution in [0, 0.1) is 5.92 Å². The Morgan fingerprint density at radius 2 is 1.95 bits per heavy atom. The Morgan fingerprint density at radius 1 is 1.29 bits per heavy atom. The SMILES string of the molecule is COCC1CCN(Cc2ccc(N)cc2C(F)(F)F)CC1. The number of likely N-dealkylation sites (tertiary alicyclic amines) is 1. The molecular formula is C15H21F3N2O. The number of rotatable bonds is 4. The van der Waals surface area contributed by atoms with Gasteiger partial charge in [-0.3, -0.25) is 4.90 Å². The molecule has 3 nitrogen and oxygen atoms in total. The van der Waals surface area contributed by atoms with E-state index in [-0.39, 0.29) is 5.69 Å². The molecule has 0 unspecified atom stereocenters. The summed E-state index contributed by atoms with van der Waals surface area (Å²) >= 11 is 0. The average Bonchev–Trinajstić information content (AvgIpc) is 2.42. The van der Waals surface area contributed by atoms with Gasteiger partial charge in [-0.1, -0.05) is 6.07 Å². The topological polar surface area (TPSA) is 38.5 Å². The summed E-state index contributed by atoms with van der Waals surface area (Å²) in [5.41, 5.74) is 5.29. The maximum Gasteiger partial charge on any atom is 0.416 e. The van der Waals surface area contributed by atoms with Crippen molar-refractivity contribution in [3.63, 3.8) is 0 Å². The summed E-state index contributed by atoms with van der Waals surface area (Å²) in [7, 11) is 1.68. The smallest absolute Gasteiger partial charge is 0.399 e. The minimum atomic E-state index is -4.36. The normalized spacial score (nSPS) is 18.1. The van der Waals surface area contributed by atoms with Crippen molar-refractivity contribution < 1.29 is 17.9 Å². The number of halogens is 3. The van der Waals surface area contributed by atoms with E-state index >= 15 is 0 Å². The Bertz CT molecular complexity index is 468. The van der Waals surface area contributed by atoms with Gasteiger partial charge in [0.25, 0.3) is 0 Å². The van der Waals surface area contributed by atoms with Crippen molar-refractivity contribution in [2.45, 2.75) is 25.6 Å². The lowest BCUT2D eigenvalue weighted by molar-refractivity contribution is -0.138. The predicted molar refractivity (Wildman–Crippen MR) is 75.7 cm³/mol. The van der Waals surface area contributed by atoms with Crippen molar-refractivity contribution in [1.29, 1.82) is 0 Å². The maximum atomic E-state index is 13.1. The van der Waals surface area contributed by atoms with Crippen LogP contribution in [0.3, 0.4) is 0 Å². The highest BCUT2D eigenvalue weighted by Crippen LogP contribution is 2.34. The van der Waals surface area contributed by atoms with Gasteiger partial charge in [-0.2, -0.15) is 13.2 Å². The highest BCUT2D eigenvalue weighted by atomic mass is 19.4. The summed E-state index contributed by atoms with van der Waals surface area (Å²) in [5, 5.41) is 0. The molecule has 0 aromatic heterocycles. The minimum Gasteiger partial charge on any atom is -0.399 e. The third-order valence-electron chi connectivity index (χ3n) is 3.94. The number of ether oxygens (including phenoxy) is 1. The van der Waals surface area contributed by atoms with E-state index in [0.717, 1.165) is 38.6 Å². The van der Waals surface area contributed by atoms with Crippen molar-refractivity contribution >= 4 is 5.69 Å². The van der Waals surface area contributed by atoms with Gasteiger partial charge in [-0.25, -0.2) is 0 Å². The molecule has 0 saturated carbocycles. The number of nitrogen functional groups attached to an aromatic ring is 1. The molecule has 0 aliphatic carbocycles. The maximum absolute atomic E-state index is 13.1. The molecule has 0 amide bonds. The van der Waals surface area contributed by atoms with Crippen LogP contribution < -0.4 is 5.73 Å². The molecule has 1 saturated heterocycles. The molecule has 1 fully saturated rings. The number of hydrogen-bond acceptors (Lipinski definition) is 3. The third kappa shape index (κ3) is 4.35. The van der Waals surface area contributed by atoms with E-state index in [1.54, 1.807) is 7.11 Å². The van der Waals surface area contributed by atoms with E-state index in [9.17, 15) is 13.2 Å². The molecule has 1 aromatic carbocycles. The van der Waals surface area contributed by atoms with E-state index in [1.807, 2.05) is 0 Å². The molecule has 2 rings (SSSR count). The van der Waals surface area contributed by atoms with Gasteiger partial charge in [0.15, 0.2) is 0 Å². The van der Waals surface area contributed by atoms with Crippen LogP contribution in [0.25, 0.3) is 0 Å². The van der Waals surface area contributed by atoms with Gasteiger partial charge in [0, 0.05) is 25.9 Å². The van der Waals surface area contributed by atoms with Crippen LogP contribution >= 0.6 is 0 Å². The number of hydrogen-bond donors (Lipinski definition) is 1. The minimum absolute atomic E-state index is 0.143. The highest BCUT2D eigenvalue weighted by molar-refractivity contribution is 5.46. The van der Waals surface area contributed by atoms with Crippen molar-refractivity contribution in [3.8, 4) is 0 Å². The summed E-state index contributed by atoms with van der Waals surface area (Å²) in [5.74, 6) is 0.514.